The summed E-state index contributed by atoms with van der Waals surface area (Å²) in [4.78, 5) is 10.9. The number of benzene rings is 1. The third kappa shape index (κ3) is 3.86. The third-order valence-corrected chi connectivity index (χ3v) is 4.65. The minimum absolute atomic E-state index is 0.284. The summed E-state index contributed by atoms with van der Waals surface area (Å²) in [5.41, 5.74) is 0.760. The van der Waals surface area contributed by atoms with Crippen molar-refractivity contribution < 1.29 is 4.74 Å². The van der Waals surface area contributed by atoms with Gasteiger partial charge in [-0.05, 0) is 25.6 Å². The van der Waals surface area contributed by atoms with Gasteiger partial charge < -0.3 is 15.0 Å². The lowest BCUT2D eigenvalue weighted by Gasteiger charge is -2.16. The number of ether oxygens (including phenoxy) is 1. The topological polar surface area (TPSA) is 50.3 Å². The van der Waals surface area contributed by atoms with Crippen LogP contribution in [0.3, 0.4) is 0 Å². The largest absolute Gasteiger partial charge is 0.486 e. The molecule has 122 valence electrons. The Morgan fingerprint density at radius 1 is 1.26 bits per heavy atom. The number of hydrogen-bond donors (Lipinski definition) is 1. The predicted molar refractivity (Wildman–Crippen MR) is 92.5 cm³/mol. The van der Waals surface area contributed by atoms with Crippen molar-refractivity contribution >= 4 is 29.2 Å². The Hall–Kier alpha value is -1.56. The van der Waals surface area contributed by atoms with E-state index in [1.165, 1.54) is 0 Å². The second kappa shape index (κ2) is 7.34. The van der Waals surface area contributed by atoms with Gasteiger partial charge in [-0.2, -0.15) is 0 Å². The molecule has 2 aromatic rings. The molecule has 1 aromatic carbocycles. The first-order chi connectivity index (χ1) is 11.2. The van der Waals surface area contributed by atoms with Crippen molar-refractivity contribution in [2.75, 3.05) is 25.0 Å². The molecule has 23 heavy (non-hydrogen) atoms. The van der Waals surface area contributed by atoms with Crippen molar-refractivity contribution in [3.8, 4) is 5.75 Å². The molecule has 1 saturated heterocycles. The molecule has 0 saturated carbocycles. The molecule has 3 rings (SSSR count). The lowest BCUT2D eigenvalue weighted by molar-refractivity contribution is 0.304. The molecule has 0 amide bonds. The van der Waals surface area contributed by atoms with E-state index in [9.17, 15) is 0 Å². The van der Waals surface area contributed by atoms with E-state index in [0.717, 1.165) is 31.0 Å². The minimum Gasteiger partial charge on any atom is -0.486 e. The molecule has 1 N–H and O–H groups in total. The molecular weight excluding hydrogens is 335 g/mol. The number of likely N-dealkylation sites (N-methyl/N-ethyl adjacent to an activating group) is 1. The van der Waals surface area contributed by atoms with E-state index in [2.05, 4.69) is 20.2 Å². The van der Waals surface area contributed by atoms with Gasteiger partial charge in [0.1, 0.15) is 6.61 Å². The molecule has 1 atom stereocenters. The van der Waals surface area contributed by atoms with E-state index >= 15 is 0 Å². The van der Waals surface area contributed by atoms with Crippen molar-refractivity contribution in [2.45, 2.75) is 19.1 Å². The molecule has 1 aliphatic heterocycles. The van der Waals surface area contributed by atoms with Gasteiger partial charge in [-0.15, -0.1) is 0 Å². The first-order valence-electron chi connectivity index (χ1n) is 7.47. The van der Waals surface area contributed by atoms with Crippen molar-refractivity contribution in [2.24, 2.45) is 0 Å². The maximum atomic E-state index is 6.13. The minimum atomic E-state index is 0.284. The van der Waals surface area contributed by atoms with Crippen LogP contribution in [-0.4, -0.2) is 36.1 Å². The number of nitrogens with zero attached hydrogens (tertiary/aromatic N) is 3. The Kier molecular flexibility index (Phi) is 5.20. The van der Waals surface area contributed by atoms with Crippen LogP contribution in [0.1, 0.15) is 12.0 Å². The van der Waals surface area contributed by atoms with Crippen LogP contribution in [0.4, 0.5) is 5.95 Å². The van der Waals surface area contributed by atoms with Crippen molar-refractivity contribution in [1.82, 2.24) is 15.3 Å². The summed E-state index contributed by atoms with van der Waals surface area (Å²) < 4.78 is 5.69. The molecule has 1 fully saturated rings. The van der Waals surface area contributed by atoms with Gasteiger partial charge in [-0.3, -0.25) is 0 Å². The number of hydrogen-bond acceptors (Lipinski definition) is 5. The van der Waals surface area contributed by atoms with Crippen LogP contribution in [0.2, 0.25) is 10.0 Å². The number of halogens is 2. The SMILES string of the molecule is CNC1CCN(c2ncc(OCc3c(Cl)cccc3Cl)cn2)C1. The summed E-state index contributed by atoms with van der Waals surface area (Å²) >= 11 is 12.3. The fourth-order valence-corrected chi connectivity index (χ4v) is 3.06. The lowest BCUT2D eigenvalue weighted by atomic mass is 10.2. The van der Waals surface area contributed by atoms with E-state index in [-0.39, 0.29) is 6.61 Å². The fourth-order valence-electron chi connectivity index (χ4n) is 2.55. The molecule has 1 unspecified atom stereocenters. The molecule has 0 spiro atoms. The second-order valence-corrected chi connectivity index (χ2v) is 6.24. The average Bonchev–Trinajstić information content (AvgIpc) is 3.04. The first-order valence-corrected chi connectivity index (χ1v) is 8.23. The number of aromatic nitrogens is 2. The highest BCUT2D eigenvalue weighted by atomic mass is 35.5. The Labute approximate surface area is 145 Å². The van der Waals surface area contributed by atoms with E-state index in [0.29, 0.717) is 21.8 Å². The van der Waals surface area contributed by atoms with Gasteiger partial charge in [-0.25, -0.2) is 9.97 Å². The van der Waals surface area contributed by atoms with Gasteiger partial charge in [0.2, 0.25) is 5.95 Å². The fraction of sp³-hybridized carbons (Fsp3) is 0.375. The number of anilines is 1. The van der Waals surface area contributed by atoms with E-state index < -0.39 is 0 Å². The summed E-state index contributed by atoms with van der Waals surface area (Å²) in [5, 5.41) is 4.45. The maximum Gasteiger partial charge on any atom is 0.225 e. The Morgan fingerprint density at radius 2 is 1.96 bits per heavy atom. The van der Waals surface area contributed by atoms with Gasteiger partial charge in [0.05, 0.1) is 12.4 Å². The summed E-state index contributed by atoms with van der Waals surface area (Å²) in [7, 11) is 1.98. The quantitative estimate of drug-likeness (QED) is 0.895. The van der Waals surface area contributed by atoms with Crippen LogP contribution in [-0.2, 0) is 6.61 Å². The monoisotopic (exact) mass is 352 g/mol. The van der Waals surface area contributed by atoms with Gasteiger partial charge in [-0.1, -0.05) is 29.3 Å². The number of nitrogens with one attached hydrogen (secondary N) is 1. The molecule has 5 nitrogen and oxygen atoms in total. The van der Waals surface area contributed by atoms with E-state index in [4.69, 9.17) is 27.9 Å². The molecule has 1 aromatic heterocycles. The Bertz CT molecular complexity index is 645. The molecule has 0 radical (unpaired) electrons. The second-order valence-electron chi connectivity index (χ2n) is 5.43. The zero-order chi connectivity index (χ0) is 16.2. The first kappa shape index (κ1) is 16.3. The van der Waals surface area contributed by atoms with Crippen LogP contribution in [0.5, 0.6) is 5.75 Å². The van der Waals surface area contributed by atoms with Gasteiger partial charge in [0.15, 0.2) is 5.75 Å². The van der Waals surface area contributed by atoms with Crippen LogP contribution >= 0.6 is 23.2 Å². The summed E-state index contributed by atoms with van der Waals surface area (Å²) in [6, 6.07) is 5.88. The average molecular weight is 353 g/mol. The van der Waals surface area contributed by atoms with E-state index in [1.807, 2.05) is 7.05 Å². The smallest absolute Gasteiger partial charge is 0.225 e. The van der Waals surface area contributed by atoms with E-state index in [1.54, 1.807) is 30.6 Å². The Morgan fingerprint density at radius 3 is 2.57 bits per heavy atom. The van der Waals surface area contributed by atoms with Crippen LogP contribution < -0.4 is 15.0 Å². The van der Waals surface area contributed by atoms with Gasteiger partial charge >= 0.3 is 0 Å². The molecular formula is C16H18Cl2N4O. The van der Waals surface area contributed by atoms with Crippen LogP contribution in [0.25, 0.3) is 0 Å². The van der Waals surface area contributed by atoms with Crippen molar-refractivity contribution in [3.63, 3.8) is 0 Å². The lowest BCUT2D eigenvalue weighted by Crippen LogP contribution is -2.30. The molecule has 0 bridgehead atoms. The summed E-state index contributed by atoms with van der Waals surface area (Å²) in [6.07, 6.45) is 4.46. The van der Waals surface area contributed by atoms with Gasteiger partial charge in [0.25, 0.3) is 0 Å². The van der Waals surface area contributed by atoms with Crippen molar-refractivity contribution in [3.05, 3.63) is 46.2 Å². The standard InChI is InChI=1S/C16H18Cl2N4O/c1-19-11-5-6-22(9-11)16-20-7-12(8-21-16)23-10-13-14(17)3-2-4-15(13)18/h2-4,7-8,11,19H,5-6,9-10H2,1H3. The molecule has 1 aliphatic rings. The zero-order valence-electron chi connectivity index (χ0n) is 12.8. The highest BCUT2D eigenvalue weighted by Crippen LogP contribution is 2.26. The van der Waals surface area contributed by atoms with Crippen LogP contribution in [0, 0.1) is 0 Å². The molecule has 0 aliphatic carbocycles. The normalized spacial score (nSPS) is 17.5. The van der Waals surface area contributed by atoms with Crippen LogP contribution in [0.15, 0.2) is 30.6 Å². The molecule has 2 heterocycles. The van der Waals surface area contributed by atoms with Crippen molar-refractivity contribution in [1.29, 1.82) is 0 Å². The third-order valence-electron chi connectivity index (χ3n) is 3.94. The van der Waals surface area contributed by atoms with Gasteiger partial charge in [0, 0.05) is 34.7 Å². The highest BCUT2D eigenvalue weighted by molar-refractivity contribution is 6.35. The summed E-state index contributed by atoms with van der Waals surface area (Å²) in [6.45, 7) is 2.17. The zero-order valence-corrected chi connectivity index (χ0v) is 14.3. The predicted octanol–water partition coefficient (Wildman–Crippen LogP) is 3.16. The summed E-state index contributed by atoms with van der Waals surface area (Å²) in [5.74, 6) is 1.32. The molecule has 7 heteroatoms. The number of rotatable bonds is 5. The highest BCUT2D eigenvalue weighted by Gasteiger charge is 2.22. The maximum absolute atomic E-state index is 6.13. The Balaban J connectivity index is 1.62.